The predicted molar refractivity (Wildman–Crippen MR) is 76.0 cm³/mol. The van der Waals surface area contributed by atoms with Crippen molar-refractivity contribution in [3.63, 3.8) is 0 Å². The molecule has 1 aliphatic rings. The van der Waals surface area contributed by atoms with E-state index in [0.717, 1.165) is 6.26 Å². The number of rotatable bonds is 3. The van der Waals surface area contributed by atoms with Crippen molar-refractivity contribution in [3.05, 3.63) is 29.3 Å². The van der Waals surface area contributed by atoms with Crippen molar-refractivity contribution in [1.29, 1.82) is 0 Å². The lowest BCUT2D eigenvalue weighted by molar-refractivity contribution is -0.141. The van der Waals surface area contributed by atoms with E-state index in [2.05, 4.69) is 0 Å². The summed E-state index contributed by atoms with van der Waals surface area (Å²) in [6.45, 7) is 2.07. The van der Waals surface area contributed by atoms with Crippen LogP contribution in [0.15, 0.2) is 23.1 Å². The Morgan fingerprint density at radius 1 is 1.33 bits per heavy atom. The summed E-state index contributed by atoms with van der Waals surface area (Å²) >= 11 is 0. The summed E-state index contributed by atoms with van der Waals surface area (Å²) in [5, 5.41) is 9.14. The molecule has 114 valence electrons. The topological polar surface area (TPSA) is 91.8 Å². The Morgan fingerprint density at radius 2 is 2.00 bits per heavy atom. The summed E-state index contributed by atoms with van der Waals surface area (Å²) < 4.78 is 23.2. The highest BCUT2D eigenvalue weighted by Gasteiger charge is 2.35. The molecule has 1 saturated heterocycles. The summed E-state index contributed by atoms with van der Waals surface area (Å²) in [5.74, 6) is -1.46. The van der Waals surface area contributed by atoms with Gasteiger partial charge in [-0.05, 0) is 37.5 Å². The number of carboxylic acid groups (broad SMARTS) is 1. The zero-order valence-corrected chi connectivity index (χ0v) is 12.7. The van der Waals surface area contributed by atoms with Crippen molar-refractivity contribution < 1.29 is 23.1 Å². The van der Waals surface area contributed by atoms with Gasteiger partial charge in [0.1, 0.15) is 6.04 Å². The number of hydrogen-bond donors (Lipinski definition) is 1. The van der Waals surface area contributed by atoms with Crippen LogP contribution in [0.4, 0.5) is 0 Å². The first-order chi connectivity index (χ1) is 9.71. The fourth-order valence-electron chi connectivity index (χ4n) is 2.48. The molecule has 0 bridgehead atoms. The maximum Gasteiger partial charge on any atom is 0.326 e. The van der Waals surface area contributed by atoms with Gasteiger partial charge in [-0.2, -0.15) is 0 Å². The Kier molecular flexibility index (Phi) is 4.04. The minimum Gasteiger partial charge on any atom is -0.480 e. The third-order valence-electron chi connectivity index (χ3n) is 3.67. The lowest BCUT2D eigenvalue weighted by Gasteiger charge is -2.22. The third-order valence-corrected chi connectivity index (χ3v) is 4.78. The van der Waals surface area contributed by atoms with Crippen molar-refractivity contribution in [1.82, 2.24) is 4.90 Å². The number of hydrogen-bond acceptors (Lipinski definition) is 4. The van der Waals surface area contributed by atoms with Crippen LogP contribution in [-0.2, 0) is 14.6 Å². The molecule has 6 nitrogen and oxygen atoms in total. The third kappa shape index (κ3) is 3.07. The van der Waals surface area contributed by atoms with Crippen LogP contribution in [0, 0.1) is 6.92 Å². The lowest BCUT2D eigenvalue weighted by Crippen LogP contribution is -2.40. The highest BCUT2D eigenvalue weighted by Crippen LogP contribution is 2.23. The Morgan fingerprint density at radius 3 is 2.57 bits per heavy atom. The maximum absolute atomic E-state index is 12.5. The van der Waals surface area contributed by atoms with Gasteiger partial charge in [0.25, 0.3) is 5.91 Å². The van der Waals surface area contributed by atoms with Gasteiger partial charge < -0.3 is 10.0 Å². The zero-order chi connectivity index (χ0) is 15.8. The van der Waals surface area contributed by atoms with Crippen molar-refractivity contribution in [2.75, 3.05) is 12.8 Å². The van der Waals surface area contributed by atoms with Crippen molar-refractivity contribution in [2.45, 2.75) is 30.7 Å². The molecule has 7 heteroatoms. The van der Waals surface area contributed by atoms with E-state index in [4.69, 9.17) is 5.11 Å². The lowest BCUT2D eigenvalue weighted by atomic mass is 10.1. The highest BCUT2D eigenvalue weighted by molar-refractivity contribution is 7.90. The van der Waals surface area contributed by atoms with Crippen LogP contribution < -0.4 is 0 Å². The van der Waals surface area contributed by atoms with Crippen LogP contribution >= 0.6 is 0 Å². The number of aliphatic carboxylic acids is 1. The van der Waals surface area contributed by atoms with E-state index in [1.165, 1.54) is 17.0 Å². The van der Waals surface area contributed by atoms with Crippen LogP contribution in [0.2, 0.25) is 0 Å². The normalized spacial score (nSPS) is 18.8. The van der Waals surface area contributed by atoms with Gasteiger partial charge in [-0.25, -0.2) is 13.2 Å². The smallest absolute Gasteiger partial charge is 0.326 e. The molecular weight excluding hydrogens is 294 g/mol. The first kappa shape index (κ1) is 15.5. The van der Waals surface area contributed by atoms with Gasteiger partial charge in [-0.1, -0.05) is 6.07 Å². The molecule has 0 saturated carbocycles. The number of likely N-dealkylation sites (tertiary alicyclic amines) is 1. The van der Waals surface area contributed by atoms with Crippen molar-refractivity contribution in [3.8, 4) is 0 Å². The molecule has 0 aromatic heterocycles. The second-order valence-electron chi connectivity index (χ2n) is 5.24. The second kappa shape index (κ2) is 5.48. The molecule has 1 atom stereocenters. The van der Waals surface area contributed by atoms with Gasteiger partial charge in [0.2, 0.25) is 0 Å². The van der Waals surface area contributed by atoms with E-state index >= 15 is 0 Å². The highest BCUT2D eigenvalue weighted by atomic mass is 32.2. The quantitative estimate of drug-likeness (QED) is 0.902. The average Bonchev–Trinajstić information content (AvgIpc) is 2.86. The molecule has 0 aliphatic carbocycles. The number of carbonyl (C=O) groups is 2. The van der Waals surface area contributed by atoms with E-state index in [1.54, 1.807) is 13.0 Å². The molecule has 1 aromatic rings. The van der Waals surface area contributed by atoms with E-state index in [0.29, 0.717) is 24.9 Å². The molecule has 1 fully saturated rings. The zero-order valence-electron chi connectivity index (χ0n) is 11.9. The Labute approximate surface area is 123 Å². The number of amides is 1. The summed E-state index contributed by atoms with van der Waals surface area (Å²) in [6, 6.07) is 3.50. The van der Waals surface area contributed by atoms with Gasteiger partial charge in [0.15, 0.2) is 9.84 Å². The number of benzene rings is 1. The summed E-state index contributed by atoms with van der Waals surface area (Å²) in [6.07, 6.45) is 2.13. The Bertz CT molecular complexity index is 695. The molecule has 1 heterocycles. The molecule has 1 amide bonds. The van der Waals surface area contributed by atoms with Gasteiger partial charge in [0, 0.05) is 18.4 Å². The van der Waals surface area contributed by atoms with Crippen LogP contribution in [0.3, 0.4) is 0 Å². The Balaban J connectivity index is 2.41. The first-order valence-electron chi connectivity index (χ1n) is 6.56. The summed E-state index contributed by atoms with van der Waals surface area (Å²) in [4.78, 5) is 25.1. The molecule has 0 unspecified atom stereocenters. The van der Waals surface area contributed by atoms with Crippen molar-refractivity contribution in [2.24, 2.45) is 0 Å². The molecule has 1 N–H and O–H groups in total. The van der Waals surface area contributed by atoms with E-state index in [-0.39, 0.29) is 10.5 Å². The molecular formula is C14H17NO5S. The summed E-state index contributed by atoms with van der Waals surface area (Å²) in [7, 11) is -3.42. The fraction of sp³-hybridized carbons (Fsp3) is 0.429. The number of sulfone groups is 1. The van der Waals surface area contributed by atoms with Crippen LogP contribution in [0.1, 0.15) is 28.8 Å². The number of nitrogens with zero attached hydrogens (tertiary/aromatic N) is 1. The van der Waals surface area contributed by atoms with E-state index in [9.17, 15) is 18.0 Å². The average molecular weight is 311 g/mol. The van der Waals surface area contributed by atoms with Crippen LogP contribution in [0.25, 0.3) is 0 Å². The molecule has 1 aliphatic heterocycles. The minimum atomic E-state index is -3.42. The second-order valence-corrected chi connectivity index (χ2v) is 7.26. The molecule has 1 aromatic carbocycles. The standard InChI is InChI=1S/C14H17NO5S/c1-9-5-6-10(21(2,19)20)8-11(9)13(16)15-7-3-4-12(15)14(17)18/h5-6,8,12H,3-4,7H2,1-2H3,(H,17,18)/t12-/m0/s1. The van der Waals surface area contributed by atoms with Gasteiger partial charge in [-0.15, -0.1) is 0 Å². The number of aryl methyl sites for hydroxylation is 1. The van der Waals surface area contributed by atoms with Crippen LogP contribution in [0.5, 0.6) is 0 Å². The molecule has 21 heavy (non-hydrogen) atoms. The minimum absolute atomic E-state index is 0.0579. The van der Waals surface area contributed by atoms with E-state index in [1.807, 2.05) is 0 Å². The fourth-order valence-corrected chi connectivity index (χ4v) is 3.13. The van der Waals surface area contributed by atoms with Gasteiger partial charge >= 0.3 is 5.97 Å². The first-order valence-corrected chi connectivity index (χ1v) is 8.45. The van der Waals surface area contributed by atoms with Gasteiger partial charge in [0.05, 0.1) is 4.90 Å². The number of carboxylic acids is 1. The summed E-state index contributed by atoms with van der Waals surface area (Å²) in [5.41, 5.74) is 0.870. The van der Waals surface area contributed by atoms with Crippen molar-refractivity contribution >= 4 is 21.7 Å². The van der Waals surface area contributed by atoms with E-state index < -0.39 is 27.8 Å². The Hall–Kier alpha value is -1.89. The SMILES string of the molecule is Cc1ccc(S(C)(=O)=O)cc1C(=O)N1CCC[C@H]1C(=O)O. The van der Waals surface area contributed by atoms with Crippen LogP contribution in [-0.4, -0.2) is 49.1 Å². The molecule has 2 rings (SSSR count). The number of carbonyl (C=O) groups excluding carboxylic acids is 1. The molecule has 0 spiro atoms. The van der Waals surface area contributed by atoms with Gasteiger partial charge in [-0.3, -0.25) is 4.79 Å². The predicted octanol–water partition coefficient (Wildman–Crippen LogP) is 1.09. The molecule has 0 radical (unpaired) electrons. The maximum atomic E-state index is 12.5. The monoisotopic (exact) mass is 311 g/mol. The largest absolute Gasteiger partial charge is 0.480 e.